The van der Waals surface area contributed by atoms with Gasteiger partial charge in [-0.2, -0.15) is 4.98 Å². The minimum Gasteiger partial charge on any atom is -0.428 e. The molecule has 32 heavy (non-hydrogen) atoms. The summed E-state index contributed by atoms with van der Waals surface area (Å²) < 4.78 is 15.7. The van der Waals surface area contributed by atoms with E-state index >= 15 is 0 Å². The normalized spacial score (nSPS) is 19.9. The number of aromatic nitrogens is 2. The number of aliphatic hydroxyl groups excluding tert-OH is 2. The van der Waals surface area contributed by atoms with Gasteiger partial charge in [-0.05, 0) is 6.07 Å². The van der Waals surface area contributed by atoms with Crippen LogP contribution in [0.15, 0.2) is 17.1 Å². The van der Waals surface area contributed by atoms with Gasteiger partial charge in [0.2, 0.25) is 18.6 Å². The van der Waals surface area contributed by atoms with E-state index < -0.39 is 61.3 Å². The quantitative estimate of drug-likeness (QED) is 0.209. The van der Waals surface area contributed by atoms with E-state index in [4.69, 9.17) is 15.6 Å². The molecule has 0 saturated carbocycles. The van der Waals surface area contributed by atoms with Crippen molar-refractivity contribution in [3.63, 3.8) is 0 Å². The van der Waals surface area contributed by atoms with Gasteiger partial charge < -0.3 is 35.5 Å². The van der Waals surface area contributed by atoms with E-state index in [9.17, 15) is 29.1 Å². The molecule has 1 aromatic heterocycles. The molecule has 1 aliphatic heterocycles. The highest BCUT2D eigenvalue weighted by Gasteiger charge is 2.34. The number of anilines is 1. The zero-order chi connectivity index (χ0) is 23.7. The van der Waals surface area contributed by atoms with Gasteiger partial charge in [0.1, 0.15) is 18.1 Å². The smallest absolute Gasteiger partial charge is 0.351 e. The van der Waals surface area contributed by atoms with Gasteiger partial charge in [0.25, 0.3) is 0 Å². The molecule has 1 unspecified atom stereocenters. The van der Waals surface area contributed by atoms with Gasteiger partial charge in [0.05, 0.1) is 25.6 Å². The zero-order valence-electron chi connectivity index (χ0n) is 17.0. The number of amides is 2. The van der Waals surface area contributed by atoms with Crippen molar-refractivity contribution in [2.75, 3.05) is 18.7 Å². The lowest BCUT2D eigenvalue weighted by molar-refractivity contribution is -0.167. The summed E-state index contributed by atoms with van der Waals surface area (Å²) in [5.74, 6) is -2.90. The van der Waals surface area contributed by atoms with Crippen LogP contribution in [0.1, 0.15) is 38.3 Å². The Morgan fingerprint density at radius 1 is 1.19 bits per heavy atom. The van der Waals surface area contributed by atoms with Crippen molar-refractivity contribution in [3.05, 3.63) is 22.7 Å². The lowest BCUT2D eigenvalue weighted by atomic mass is 10.2. The predicted octanol–water partition coefficient (Wildman–Crippen LogP) is -2.09. The van der Waals surface area contributed by atoms with Gasteiger partial charge in [-0.15, -0.1) is 0 Å². The van der Waals surface area contributed by atoms with Crippen LogP contribution in [0.5, 0.6) is 0 Å². The third-order valence-corrected chi connectivity index (χ3v) is 4.36. The second-order valence-corrected chi connectivity index (χ2v) is 6.78. The molecule has 0 radical (unpaired) electrons. The van der Waals surface area contributed by atoms with Crippen LogP contribution < -0.4 is 16.7 Å². The number of nitrogens with zero attached hydrogens (tertiary/aromatic N) is 2. The molecule has 1 fully saturated rings. The summed E-state index contributed by atoms with van der Waals surface area (Å²) in [6, 6.07) is 1.34. The highest BCUT2D eigenvalue weighted by Crippen LogP contribution is 2.27. The van der Waals surface area contributed by atoms with E-state index in [2.05, 4.69) is 19.8 Å². The topological polar surface area (TPSA) is 209 Å². The Morgan fingerprint density at radius 3 is 2.41 bits per heavy atom. The summed E-state index contributed by atoms with van der Waals surface area (Å²) in [7, 11) is 0. The molecule has 14 nitrogen and oxygen atoms in total. The van der Waals surface area contributed by atoms with Crippen molar-refractivity contribution in [2.45, 2.75) is 50.5 Å². The van der Waals surface area contributed by atoms with Crippen molar-refractivity contribution in [2.24, 2.45) is 5.73 Å². The molecule has 1 aromatic rings. The number of carbonyl (C=O) groups is 4. The minimum atomic E-state index is -0.922. The maximum Gasteiger partial charge on any atom is 0.351 e. The Morgan fingerprint density at radius 2 is 1.84 bits per heavy atom. The molecule has 0 aromatic carbocycles. The average Bonchev–Trinajstić information content (AvgIpc) is 3.11. The van der Waals surface area contributed by atoms with Crippen molar-refractivity contribution < 1.29 is 43.6 Å². The number of ether oxygens (including phenoxy) is 3. The maximum absolute atomic E-state index is 12.2. The minimum absolute atomic E-state index is 0.0507. The molecular weight excluding hydrogens is 432 g/mol. The Balaban J connectivity index is 1.73. The number of carbonyl (C=O) groups excluding carboxylic acids is 4. The van der Waals surface area contributed by atoms with Crippen LogP contribution in [0.25, 0.3) is 0 Å². The average molecular weight is 456 g/mol. The number of hydrogen-bond acceptors (Lipinski definition) is 11. The second-order valence-electron chi connectivity index (χ2n) is 6.78. The van der Waals surface area contributed by atoms with Gasteiger partial charge in [0, 0.05) is 25.5 Å². The Kier molecular flexibility index (Phi) is 9.24. The van der Waals surface area contributed by atoms with Crippen LogP contribution in [-0.4, -0.2) is 69.1 Å². The number of primary amides is 1. The van der Waals surface area contributed by atoms with E-state index in [-0.39, 0.29) is 37.9 Å². The van der Waals surface area contributed by atoms with Crippen molar-refractivity contribution in [3.8, 4) is 0 Å². The van der Waals surface area contributed by atoms with E-state index in [0.717, 1.165) is 4.57 Å². The molecule has 0 aliphatic carbocycles. The second kappa shape index (κ2) is 11.9. The highest BCUT2D eigenvalue weighted by molar-refractivity contribution is 5.91. The molecule has 2 amide bonds. The third-order valence-electron chi connectivity index (χ3n) is 4.36. The SMILES string of the molecule is NC(=O)CCC(=O)OCOC(=O)CCC(=O)Nc1ccn([C@H]2CC(O)[C@@H](CO)O2)c(=O)n1. The Hall–Kier alpha value is -3.36. The van der Waals surface area contributed by atoms with Crippen LogP contribution >= 0.6 is 0 Å². The van der Waals surface area contributed by atoms with Crippen molar-refractivity contribution in [1.82, 2.24) is 9.55 Å². The first-order valence-corrected chi connectivity index (χ1v) is 9.62. The summed E-state index contributed by atoms with van der Waals surface area (Å²) in [6.45, 7) is -1.05. The summed E-state index contributed by atoms with van der Waals surface area (Å²) in [4.78, 5) is 61.2. The molecule has 0 spiro atoms. The fourth-order valence-corrected chi connectivity index (χ4v) is 2.70. The largest absolute Gasteiger partial charge is 0.428 e. The summed E-state index contributed by atoms with van der Waals surface area (Å²) in [5, 5.41) is 21.2. The molecule has 2 rings (SSSR count). The third kappa shape index (κ3) is 7.72. The molecule has 1 aliphatic rings. The molecule has 3 atom stereocenters. The van der Waals surface area contributed by atoms with E-state index in [0.29, 0.717) is 0 Å². The number of nitrogens with one attached hydrogen (secondary N) is 1. The molecule has 14 heteroatoms. The predicted molar refractivity (Wildman–Crippen MR) is 103 cm³/mol. The van der Waals surface area contributed by atoms with E-state index in [1.54, 1.807) is 0 Å². The van der Waals surface area contributed by atoms with Gasteiger partial charge in [-0.3, -0.25) is 23.7 Å². The standard InChI is InChI=1S/C18H24N4O10/c19-12(25)1-3-16(27)30-9-31-17(28)4-2-14(26)20-13-5-6-22(18(29)21-13)15-7-10(24)11(8-23)32-15/h5-6,10-11,15,23-24H,1-4,7-9H2,(H2,19,25)(H,20,21,26,29)/t10?,11-,15-/m1/s1. The Labute approximate surface area is 181 Å². The Bertz CT molecular complexity index is 902. The number of nitrogens with two attached hydrogens (primary N) is 1. The number of aliphatic hydroxyl groups is 2. The molecular formula is C18H24N4O10. The first-order chi connectivity index (χ1) is 15.2. The molecule has 176 valence electrons. The van der Waals surface area contributed by atoms with Crippen molar-refractivity contribution in [1.29, 1.82) is 0 Å². The van der Waals surface area contributed by atoms with Crippen LogP contribution in [0.2, 0.25) is 0 Å². The zero-order valence-corrected chi connectivity index (χ0v) is 17.0. The number of hydrogen-bond donors (Lipinski definition) is 4. The fourth-order valence-electron chi connectivity index (χ4n) is 2.70. The van der Waals surface area contributed by atoms with Gasteiger partial charge in [0.15, 0.2) is 0 Å². The summed E-state index contributed by atoms with van der Waals surface area (Å²) >= 11 is 0. The highest BCUT2D eigenvalue weighted by atomic mass is 16.7. The lowest BCUT2D eigenvalue weighted by Crippen LogP contribution is -2.28. The van der Waals surface area contributed by atoms with Gasteiger partial charge >= 0.3 is 17.6 Å². The lowest BCUT2D eigenvalue weighted by Gasteiger charge is -2.14. The molecule has 1 saturated heterocycles. The number of rotatable bonds is 11. The van der Waals surface area contributed by atoms with Crippen LogP contribution in [0.4, 0.5) is 5.82 Å². The summed E-state index contributed by atoms with van der Waals surface area (Å²) in [5.41, 5.74) is 4.14. The molecule has 5 N–H and O–H groups in total. The van der Waals surface area contributed by atoms with Crippen LogP contribution in [0.3, 0.4) is 0 Å². The number of esters is 2. The first-order valence-electron chi connectivity index (χ1n) is 9.62. The van der Waals surface area contributed by atoms with Gasteiger partial charge in [-0.25, -0.2) is 4.79 Å². The van der Waals surface area contributed by atoms with Crippen molar-refractivity contribution >= 4 is 29.6 Å². The van der Waals surface area contributed by atoms with E-state index in [1.165, 1.54) is 12.3 Å². The van der Waals surface area contributed by atoms with Crippen LogP contribution in [0, 0.1) is 0 Å². The van der Waals surface area contributed by atoms with E-state index in [1.807, 2.05) is 0 Å². The summed E-state index contributed by atoms with van der Waals surface area (Å²) in [6.07, 6.45) is -2.14. The van der Waals surface area contributed by atoms with Gasteiger partial charge in [-0.1, -0.05) is 0 Å². The monoisotopic (exact) mass is 456 g/mol. The van der Waals surface area contributed by atoms with Crippen LogP contribution in [-0.2, 0) is 33.4 Å². The fraction of sp³-hybridized carbons (Fsp3) is 0.556. The molecule has 2 heterocycles. The maximum atomic E-state index is 12.2. The first kappa shape index (κ1) is 24.9. The molecule has 0 bridgehead atoms.